The maximum atomic E-state index is 11.5. The molecular weight excluding hydrogens is 274 g/mol. The van der Waals surface area contributed by atoms with Gasteiger partial charge in [0.1, 0.15) is 0 Å². The van der Waals surface area contributed by atoms with E-state index in [2.05, 4.69) is 0 Å². The van der Waals surface area contributed by atoms with E-state index in [1.165, 1.54) is 32.1 Å². The monoisotopic (exact) mass is 303 g/mol. The summed E-state index contributed by atoms with van der Waals surface area (Å²) in [5.74, 6) is 0.0900. The van der Waals surface area contributed by atoms with Crippen LogP contribution in [-0.4, -0.2) is 26.9 Å². The molecule has 0 heterocycles. The predicted octanol–water partition coefficient (Wildman–Crippen LogP) is 2.96. The van der Waals surface area contributed by atoms with Crippen LogP contribution in [-0.2, 0) is 14.8 Å². The van der Waals surface area contributed by atoms with Crippen molar-refractivity contribution in [2.75, 3.05) is 12.4 Å². The average Bonchev–Trinajstić information content (AvgIpc) is 2.64. The van der Waals surface area contributed by atoms with Crippen LogP contribution in [0.1, 0.15) is 70.6 Å². The topological polar surface area (TPSA) is 69.4 Å². The maximum Gasteiger partial charge on any atom is 0.209 e. The normalized spacial score (nSPS) is 25.2. The molecule has 0 radical (unpaired) electrons. The van der Waals surface area contributed by atoms with Gasteiger partial charge in [-0.1, -0.05) is 44.9 Å². The van der Waals surface area contributed by atoms with Gasteiger partial charge in [-0.05, 0) is 25.7 Å². The van der Waals surface area contributed by atoms with E-state index >= 15 is 0 Å². The molecule has 0 aliphatic heterocycles. The highest BCUT2D eigenvalue weighted by Crippen LogP contribution is 2.38. The Morgan fingerprint density at radius 1 is 0.950 bits per heavy atom. The highest BCUT2D eigenvalue weighted by molar-refractivity contribution is 7.89. The quantitative estimate of drug-likeness (QED) is 0.794. The summed E-state index contributed by atoms with van der Waals surface area (Å²) in [5, 5.41) is 5.30. The molecule has 0 bridgehead atoms. The molecule has 2 aliphatic carbocycles. The molecule has 0 unspecified atom stereocenters. The van der Waals surface area contributed by atoms with Gasteiger partial charge in [0.2, 0.25) is 10.0 Å². The summed E-state index contributed by atoms with van der Waals surface area (Å²) >= 11 is 0. The molecule has 2 rings (SSSR count). The number of hydrogen-bond acceptors (Lipinski definition) is 3. The van der Waals surface area contributed by atoms with Crippen molar-refractivity contribution in [3.8, 4) is 0 Å². The number of sulfonamides is 1. The smallest absolute Gasteiger partial charge is 0.209 e. The number of rotatable bonds is 5. The Hall–Kier alpha value is -0.130. The first-order valence-electron chi connectivity index (χ1n) is 8.11. The van der Waals surface area contributed by atoms with Gasteiger partial charge < -0.3 is 4.74 Å². The van der Waals surface area contributed by atoms with Gasteiger partial charge >= 0.3 is 0 Å². The zero-order valence-electron chi connectivity index (χ0n) is 12.5. The molecule has 2 aliphatic rings. The fourth-order valence-corrected chi connectivity index (χ4v) is 4.99. The standard InChI is InChI=1S/C15H29NO3S/c16-20(17,18)13-15(10-6-3-7-11-15)12-19-14-8-4-1-2-5-9-14/h14H,1-13H2,(H2,16,17,18). The van der Waals surface area contributed by atoms with Crippen LogP contribution in [0.3, 0.4) is 0 Å². The highest BCUT2D eigenvalue weighted by Gasteiger charge is 2.36. The Kier molecular flexibility index (Phi) is 5.87. The van der Waals surface area contributed by atoms with E-state index in [-0.39, 0.29) is 11.2 Å². The van der Waals surface area contributed by atoms with E-state index in [0.29, 0.717) is 12.7 Å². The molecule has 0 atom stereocenters. The summed E-state index contributed by atoms with van der Waals surface area (Å²) in [6.45, 7) is 0.577. The predicted molar refractivity (Wildman–Crippen MR) is 80.9 cm³/mol. The summed E-state index contributed by atoms with van der Waals surface area (Å²) < 4.78 is 29.2. The molecule has 0 aromatic rings. The molecule has 4 nitrogen and oxygen atoms in total. The van der Waals surface area contributed by atoms with Gasteiger partial charge in [-0.3, -0.25) is 0 Å². The van der Waals surface area contributed by atoms with Gasteiger partial charge in [-0.15, -0.1) is 0 Å². The number of hydrogen-bond donors (Lipinski definition) is 1. The summed E-state index contributed by atoms with van der Waals surface area (Å²) in [5.41, 5.74) is -0.224. The Morgan fingerprint density at radius 2 is 1.50 bits per heavy atom. The lowest BCUT2D eigenvalue weighted by Gasteiger charge is -2.37. The van der Waals surface area contributed by atoms with Crippen molar-refractivity contribution in [1.29, 1.82) is 0 Å². The minimum absolute atomic E-state index is 0.0900. The first kappa shape index (κ1) is 16.2. The first-order chi connectivity index (χ1) is 9.49. The first-order valence-corrected chi connectivity index (χ1v) is 9.83. The van der Waals surface area contributed by atoms with E-state index in [1.807, 2.05) is 0 Å². The lowest BCUT2D eigenvalue weighted by atomic mass is 9.76. The number of nitrogens with two attached hydrogens (primary N) is 1. The largest absolute Gasteiger partial charge is 0.378 e. The molecule has 0 saturated heterocycles. The van der Waals surface area contributed by atoms with Gasteiger partial charge in [0.15, 0.2) is 0 Å². The zero-order chi connectivity index (χ0) is 14.5. The Morgan fingerprint density at radius 3 is 2.05 bits per heavy atom. The molecule has 2 N–H and O–H groups in total. The minimum Gasteiger partial charge on any atom is -0.378 e. The average molecular weight is 303 g/mol. The van der Waals surface area contributed by atoms with Crippen molar-refractivity contribution in [2.45, 2.75) is 76.7 Å². The molecule has 0 aromatic heterocycles. The van der Waals surface area contributed by atoms with Crippen LogP contribution in [0.15, 0.2) is 0 Å². The van der Waals surface area contributed by atoms with Crippen LogP contribution >= 0.6 is 0 Å². The fraction of sp³-hybridized carbons (Fsp3) is 1.00. The second-order valence-electron chi connectivity index (χ2n) is 6.79. The second kappa shape index (κ2) is 7.23. The van der Waals surface area contributed by atoms with Crippen molar-refractivity contribution in [1.82, 2.24) is 0 Å². The fourth-order valence-electron chi connectivity index (χ4n) is 3.76. The van der Waals surface area contributed by atoms with Crippen molar-refractivity contribution >= 4 is 10.0 Å². The molecule has 0 spiro atoms. The second-order valence-corrected chi connectivity index (χ2v) is 8.41. The van der Waals surface area contributed by atoms with Crippen LogP contribution in [0, 0.1) is 5.41 Å². The van der Waals surface area contributed by atoms with Gasteiger partial charge in [0.05, 0.1) is 18.5 Å². The molecule has 2 saturated carbocycles. The molecular formula is C15H29NO3S. The minimum atomic E-state index is -3.42. The summed E-state index contributed by atoms with van der Waals surface area (Å²) in [6.07, 6.45) is 13.0. The van der Waals surface area contributed by atoms with Crippen LogP contribution in [0.4, 0.5) is 0 Å². The van der Waals surface area contributed by atoms with Crippen LogP contribution in [0.25, 0.3) is 0 Å². The summed E-state index contributed by atoms with van der Waals surface area (Å²) in [6, 6.07) is 0. The molecule has 5 heteroatoms. The molecule has 2 fully saturated rings. The van der Waals surface area contributed by atoms with Crippen molar-refractivity contribution < 1.29 is 13.2 Å². The molecule has 0 amide bonds. The third-order valence-electron chi connectivity index (χ3n) is 4.85. The summed E-state index contributed by atoms with van der Waals surface area (Å²) in [4.78, 5) is 0. The summed E-state index contributed by atoms with van der Waals surface area (Å²) in [7, 11) is -3.42. The van der Waals surface area contributed by atoms with E-state index in [1.54, 1.807) is 0 Å². The van der Waals surface area contributed by atoms with Crippen molar-refractivity contribution in [2.24, 2.45) is 10.6 Å². The SMILES string of the molecule is NS(=O)(=O)CC1(COC2CCCCCC2)CCCCC1. The zero-order valence-corrected chi connectivity index (χ0v) is 13.3. The lowest BCUT2D eigenvalue weighted by Crippen LogP contribution is -2.40. The molecule has 0 aromatic carbocycles. The van der Waals surface area contributed by atoms with E-state index in [9.17, 15) is 8.42 Å². The Balaban J connectivity index is 1.93. The van der Waals surface area contributed by atoms with Gasteiger partial charge in [0, 0.05) is 5.41 Å². The maximum absolute atomic E-state index is 11.5. The van der Waals surface area contributed by atoms with Crippen LogP contribution in [0.2, 0.25) is 0 Å². The van der Waals surface area contributed by atoms with E-state index in [0.717, 1.165) is 38.5 Å². The van der Waals surface area contributed by atoms with E-state index < -0.39 is 10.0 Å². The third kappa shape index (κ3) is 5.34. The van der Waals surface area contributed by atoms with Crippen molar-refractivity contribution in [3.05, 3.63) is 0 Å². The molecule has 20 heavy (non-hydrogen) atoms. The van der Waals surface area contributed by atoms with E-state index in [4.69, 9.17) is 9.88 Å². The van der Waals surface area contributed by atoms with Gasteiger partial charge in [0.25, 0.3) is 0 Å². The molecule has 118 valence electrons. The third-order valence-corrected chi connectivity index (χ3v) is 5.86. The van der Waals surface area contributed by atoms with Crippen LogP contribution in [0.5, 0.6) is 0 Å². The van der Waals surface area contributed by atoms with Crippen molar-refractivity contribution in [3.63, 3.8) is 0 Å². The number of primary sulfonamides is 1. The van der Waals surface area contributed by atoms with Gasteiger partial charge in [-0.25, -0.2) is 13.6 Å². The van der Waals surface area contributed by atoms with Gasteiger partial charge in [-0.2, -0.15) is 0 Å². The lowest BCUT2D eigenvalue weighted by molar-refractivity contribution is -0.0218. The Bertz CT molecular complexity index is 380. The number of ether oxygens (including phenoxy) is 1. The highest BCUT2D eigenvalue weighted by atomic mass is 32.2. The Labute approximate surface area is 123 Å². The van der Waals surface area contributed by atoms with Crippen LogP contribution < -0.4 is 5.14 Å².